The van der Waals surface area contributed by atoms with Crippen molar-refractivity contribution in [3.05, 3.63) is 0 Å². The van der Waals surface area contributed by atoms with Crippen LogP contribution in [0, 0.1) is 5.92 Å². The largest absolute Gasteiger partial charge is 0.355 e. The van der Waals surface area contributed by atoms with Crippen LogP contribution < -0.4 is 10.6 Å². The summed E-state index contributed by atoms with van der Waals surface area (Å²) in [6, 6.07) is 0. The first-order valence-electron chi connectivity index (χ1n) is 5.29. The Balaban J connectivity index is 1.82. The highest BCUT2D eigenvalue weighted by atomic mass is 32.2. The van der Waals surface area contributed by atoms with Crippen molar-refractivity contribution in [2.24, 2.45) is 5.92 Å². The fourth-order valence-electron chi connectivity index (χ4n) is 1.22. The van der Waals surface area contributed by atoms with Crippen molar-refractivity contribution >= 4 is 17.7 Å². The van der Waals surface area contributed by atoms with E-state index in [4.69, 9.17) is 0 Å². The number of thioether (sulfide) groups is 1. The molecule has 14 heavy (non-hydrogen) atoms. The smallest absolute Gasteiger partial charge is 0.233 e. The lowest BCUT2D eigenvalue weighted by atomic mass is 10.4. The molecule has 0 aromatic carbocycles. The molecular formula is C10H20N2OS. The van der Waals surface area contributed by atoms with E-state index in [1.165, 1.54) is 12.8 Å². The van der Waals surface area contributed by atoms with Gasteiger partial charge in [-0.2, -0.15) is 11.8 Å². The Bertz CT molecular complexity index is 172. The van der Waals surface area contributed by atoms with Crippen molar-refractivity contribution in [1.29, 1.82) is 0 Å². The second-order valence-corrected chi connectivity index (χ2v) is 4.76. The molecule has 0 radical (unpaired) electrons. The zero-order valence-electron chi connectivity index (χ0n) is 8.84. The molecule has 1 fully saturated rings. The summed E-state index contributed by atoms with van der Waals surface area (Å²) in [6.45, 7) is 2.30. The van der Waals surface area contributed by atoms with Crippen molar-refractivity contribution in [1.82, 2.24) is 10.6 Å². The predicted octanol–water partition coefficient (Wildman–Crippen LogP) is 0.855. The van der Waals surface area contributed by atoms with Gasteiger partial charge in [-0.25, -0.2) is 0 Å². The number of nitrogens with one attached hydrogen (secondary N) is 2. The Kier molecular flexibility index (Phi) is 6.03. The number of hydrogen-bond acceptors (Lipinski definition) is 3. The molecule has 1 saturated carbocycles. The van der Waals surface area contributed by atoms with E-state index in [2.05, 4.69) is 16.9 Å². The van der Waals surface area contributed by atoms with Crippen molar-refractivity contribution in [2.45, 2.75) is 19.3 Å². The molecule has 0 spiro atoms. The summed E-state index contributed by atoms with van der Waals surface area (Å²) in [5.41, 5.74) is 0. The van der Waals surface area contributed by atoms with Gasteiger partial charge in [0.05, 0.1) is 6.54 Å². The standard InChI is InChI=1S/C10H20N2OS/c1-14-6-2-5-12-10(13)8-11-7-9-3-4-9/h9,11H,2-8H2,1H3,(H,12,13). The highest BCUT2D eigenvalue weighted by Crippen LogP contribution is 2.27. The van der Waals surface area contributed by atoms with E-state index in [0.717, 1.165) is 31.2 Å². The molecule has 0 aromatic rings. The maximum atomic E-state index is 11.2. The van der Waals surface area contributed by atoms with E-state index in [-0.39, 0.29) is 5.91 Å². The van der Waals surface area contributed by atoms with Crippen LogP contribution in [0.4, 0.5) is 0 Å². The second kappa shape index (κ2) is 7.12. The molecule has 0 bridgehead atoms. The van der Waals surface area contributed by atoms with Crippen molar-refractivity contribution in [3.8, 4) is 0 Å². The molecule has 0 aromatic heterocycles. The summed E-state index contributed by atoms with van der Waals surface area (Å²) < 4.78 is 0. The SMILES string of the molecule is CSCCCNC(=O)CNCC1CC1. The predicted molar refractivity (Wildman–Crippen MR) is 61.6 cm³/mol. The number of hydrogen-bond donors (Lipinski definition) is 2. The number of carbonyl (C=O) groups excluding carboxylic acids is 1. The molecule has 0 aliphatic heterocycles. The maximum Gasteiger partial charge on any atom is 0.233 e. The third-order valence-corrected chi connectivity index (χ3v) is 2.96. The minimum absolute atomic E-state index is 0.131. The monoisotopic (exact) mass is 216 g/mol. The Morgan fingerprint density at radius 3 is 2.93 bits per heavy atom. The third-order valence-electron chi connectivity index (χ3n) is 2.26. The van der Waals surface area contributed by atoms with Gasteiger partial charge in [0.15, 0.2) is 0 Å². The summed E-state index contributed by atoms with van der Waals surface area (Å²) in [5, 5.41) is 6.07. The molecule has 82 valence electrons. The average molecular weight is 216 g/mol. The summed E-state index contributed by atoms with van der Waals surface area (Å²) in [4.78, 5) is 11.2. The molecule has 0 saturated heterocycles. The van der Waals surface area contributed by atoms with Gasteiger partial charge in [-0.1, -0.05) is 0 Å². The molecular weight excluding hydrogens is 196 g/mol. The van der Waals surface area contributed by atoms with Gasteiger partial charge in [0.1, 0.15) is 0 Å². The molecule has 3 nitrogen and oxygen atoms in total. The fraction of sp³-hybridized carbons (Fsp3) is 0.900. The van der Waals surface area contributed by atoms with Crippen LogP contribution in [0.5, 0.6) is 0 Å². The molecule has 0 unspecified atom stereocenters. The molecule has 1 aliphatic rings. The van der Waals surface area contributed by atoms with Crippen LogP contribution in [0.1, 0.15) is 19.3 Å². The summed E-state index contributed by atoms with van der Waals surface area (Å²) in [6.07, 6.45) is 5.82. The van der Waals surface area contributed by atoms with E-state index in [1.807, 2.05) is 11.8 Å². The Morgan fingerprint density at radius 1 is 1.50 bits per heavy atom. The summed E-state index contributed by atoms with van der Waals surface area (Å²) >= 11 is 1.82. The van der Waals surface area contributed by atoms with E-state index in [9.17, 15) is 4.79 Å². The van der Waals surface area contributed by atoms with Gasteiger partial charge in [-0.05, 0) is 43.7 Å². The van der Waals surface area contributed by atoms with Crippen LogP contribution in [0.15, 0.2) is 0 Å². The van der Waals surface area contributed by atoms with E-state index in [1.54, 1.807) is 0 Å². The quantitative estimate of drug-likeness (QED) is 0.591. The van der Waals surface area contributed by atoms with Crippen LogP contribution in [0.2, 0.25) is 0 Å². The first kappa shape index (κ1) is 11.9. The zero-order chi connectivity index (χ0) is 10.2. The van der Waals surface area contributed by atoms with Gasteiger partial charge in [-0.15, -0.1) is 0 Å². The highest BCUT2D eigenvalue weighted by molar-refractivity contribution is 7.98. The van der Waals surface area contributed by atoms with Gasteiger partial charge in [0.2, 0.25) is 5.91 Å². The van der Waals surface area contributed by atoms with Crippen LogP contribution in [0.3, 0.4) is 0 Å². The number of amides is 1. The summed E-state index contributed by atoms with van der Waals surface area (Å²) in [7, 11) is 0. The molecule has 0 atom stereocenters. The minimum atomic E-state index is 0.131. The van der Waals surface area contributed by atoms with E-state index >= 15 is 0 Å². The fourth-order valence-corrected chi connectivity index (χ4v) is 1.65. The molecule has 1 aliphatic carbocycles. The number of rotatable bonds is 8. The topological polar surface area (TPSA) is 41.1 Å². The van der Waals surface area contributed by atoms with Crippen molar-refractivity contribution < 1.29 is 4.79 Å². The van der Waals surface area contributed by atoms with Gasteiger partial charge >= 0.3 is 0 Å². The van der Waals surface area contributed by atoms with Crippen LogP contribution in [-0.4, -0.2) is 37.6 Å². The molecule has 1 amide bonds. The highest BCUT2D eigenvalue weighted by Gasteiger charge is 2.20. The van der Waals surface area contributed by atoms with E-state index < -0.39 is 0 Å². The van der Waals surface area contributed by atoms with E-state index in [0.29, 0.717) is 6.54 Å². The molecule has 0 heterocycles. The Morgan fingerprint density at radius 2 is 2.29 bits per heavy atom. The lowest BCUT2D eigenvalue weighted by Crippen LogP contribution is -2.35. The lowest BCUT2D eigenvalue weighted by molar-refractivity contribution is -0.120. The molecule has 2 N–H and O–H groups in total. The van der Waals surface area contributed by atoms with Crippen LogP contribution in [0.25, 0.3) is 0 Å². The van der Waals surface area contributed by atoms with Crippen LogP contribution >= 0.6 is 11.8 Å². The third kappa shape index (κ3) is 6.27. The Labute approximate surface area is 90.4 Å². The molecule has 1 rings (SSSR count). The first-order valence-corrected chi connectivity index (χ1v) is 6.68. The first-order chi connectivity index (χ1) is 6.83. The van der Waals surface area contributed by atoms with Crippen LogP contribution in [-0.2, 0) is 4.79 Å². The van der Waals surface area contributed by atoms with Gasteiger partial charge in [-0.3, -0.25) is 4.79 Å². The second-order valence-electron chi connectivity index (χ2n) is 3.77. The maximum absolute atomic E-state index is 11.2. The van der Waals surface area contributed by atoms with Gasteiger partial charge in [0.25, 0.3) is 0 Å². The van der Waals surface area contributed by atoms with Crippen molar-refractivity contribution in [3.63, 3.8) is 0 Å². The zero-order valence-corrected chi connectivity index (χ0v) is 9.66. The number of carbonyl (C=O) groups is 1. The minimum Gasteiger partial charge on any atom is -0.355 e. The normalized spacial score (nSPS) is 15.5. The average Bonchev–Trinajstić information content (AvgIpc) is 2.96. The Hall–Kier alpha value is -0.220. The molecule has 4 heteroatoms. The van der Waals surface area contributed by atoms with Crippen molar-refractivity contribution in [2.75, 3.05) is 31.6 Å². The van der Waals surface area contributed by atoms with Gasteiger partial charge in [0, 0.05) is 6.54 Å². The summed E-state index contributed by atoms with van der Waals surface area (Å²) in [5.74, 6) is 2.10. The van der Waals surface area contributed by atoms with Gasteiger partial charge < -0.3 is 10.6 Å². The lowest BCUT2D eigenvalue weighted by Gasteiger charge is -2.05.